The number of aryl methyl sites for hydroxylation is 1. The predicted molar refractivity (Wildman–Crippen MR) is 69.7 cm³/mol. The van der Waals surface area contributed by atoms with Crippen molar-refractivity contribution in [2.45, 2.75) is 6.92 Å². The first kappa shape index (κ1) is 15.3. The predicted octanol–water partition coefficient (Wildman–Crippen LogP) is 0.582. The van der Waals surface area contributed by atoms with Crippen molar-refractivity contribution in [3.05, 3.63) is 17.5 Å². The molecule has 0 aromatic carbocycles. The number of anilines is 1. The molecule has 1 rings (SSSR count). The third-order valence-electron chi connectivity index (χ3n) is 2.61. The van der Waals surface area contributed by atoms with Crippen LogP contribution in [0.25, 0.3) is 0 Å². The van der Waals surface area contributed by atoms with E-state index in [1.807, 2.05) is 4.90 Å². The van der Waals surface area contributed by atoms with Crippen molar-refractivity contribution in [2.24, 2.45) is 0 Å². The highest BCUT2D eigenvalue weighted by Gasteiger charge is 2.14. The Morgan fingerprint density at radius 1 is 1.32 bits per heavy atom. The standard InChI is InChI=1S/C12H19N3O4/c1-9-10(11(16)17)8-13-12(14-9)15(4-6-18-2)5-7-19-3/h8H,4-7H2,1-3H3,(H,16,17). The van der Waals surface area contributed by atoms with Crippen LogP contribution < -0.4 is 4.90 Å². The van der Waals surface area contributed by atoms with Crippen molar-refractivity contribution < 1.29 is 19.4 Å². The van der Waals surface area contributed by atoms with Crippen LogP contribution in [0.4, 0.5) is 5.95 Å². The maximum atomic E-state index is 10.9. The lowest BCUT2D eigenvalue weighted by atomic mass is 10.2. The summed E-state index contributed by atoms with van der Waals surface area (Å²) in [6, 6.07) is 0. The molecule has 1 aromatic rings. The molecule has 0 spiro atoms. The SMILES string of the molecule is COCCN(CCOC)c1ncc(C(=O)O)c(C)n1. The lowest BCUT2D eigenvalue weighted by Crippen LogP contribution is -2.32. The smallest absolute Gasteiger partial charge is 0.339 e. The van der Waals surface area contributed by atoms with Crippen LogP contribution in [0, 0.1) is 6.92 Å². The minimum Gasteiger partial charge on any atom is -0.478 e. The maximum Gasteiger partial charge on any atom is 0.339 e. The summed E-state index contributed by atoms with van der Waals surface area (Å²) in [5.74, 6) is -0.541. The Labute approximate surface area is 112 Å². The molecule has 0 aliphatic heterocycles. The quantitative estimate of drug-likeness (QED) is 0.739. The second kappa shape index (κ2) is 7.65. The molecule has 1 heterocycles. The van der Waals surface area contributed by atoms with Gasteiger partial charge in [0, 0.05) is 33.5 Å². The van der Waals surface area contributed by atoms with E-state index < -0.39 is 5.97 Å². The zero-order valence-electron chi connectivity index (χ0n) is 11.4. The molecule has 0 saturated heterocycles. The highest BCUT2D eigenvalue weighted by atomic mass is 16.5. The second-order valence-electron chi connectivity index (χ2n) is 3.95. The van der Waals surface area contributed by atoms with Crippen molar-refractivity contribution in [1.29, 1.82) is 0 Å². The van der Waals surface area contributed by atoms with Gasteiger partial charge in [-0.3, -0.25) is 0 Å². The number of aromatic nitrogens is 2. The molecule has 19 heavy (non-hydrogen) atoms. The largest absolute Gasteiger partial charge is 0.478 e. The molecule has 0 fully saturated rings. The lowest BCUT2D eigenvalue weighted by molar-refractivity contribution is 0.0695. The minimum absolute atomic E-state index is 0.113. The number of nitrogens with zero attached hydrogens (tertiary/aromatic N) is 3. The molecule has 1 N–H and O–H groups in total. The summed E-state index contributed by atoms with van der Waals surface area (Å²) < 4.78 is 10.1. The van der Waals surface area contributed by atoms with E-state index in [1.165, 1.54) is 6.20 Å². The fourth-order valence-corrected chi connectivity index (χ4v) is 1.53. The summed E-state index contributed by atoms with van der Waals surface area (Å²) in [5.41, 5.74) is 0.555. The van der Waals surface area contributed by atoms with E-state index in [9.17, 15) is 4.79 Å². The Hall–Kier alpha value is -1.73. The number of carboxylic acid groups (broad SMARTS) is 1. The van der Waals surface area contributed by atoms with Gasteiger partial charge >= 0.3 is 5.97 Å². The first-order valence-electron chi connectivity index (χ1n) is 5.90. The Morgan fingerprint density at radius 3 is 2.32 bits per heavy atom. The van der Waals surface area contributed by atoms with E-state index in [0.717, 1.165) is 0 Å². The number of hydrogen-bond acceptors (Lipinski definition) is 6. The zero-order chi connectivity index (χ0) is 14.3. The molecule has 0 unspecified atom stereocenters. The van der Waals surface area contributed by atoms with Gasteiger partial charge < -0.3 is 19.5 Å². The van der Waals surface area contributed by atoms with Gasteiger partial charge in [0.2, 0.25) is 5.95 Å². The molecule has 0 radical (unpaired) electrons. The van der Waals surface area contributed by atoms with E-state index >= 15 is 0 Å². The Bertz CT molecular complexity index is 417. The van der Waals surface area contributed by atoms with Crippen LogP contribution in [-0.4, -0.2) is 61.6 Å². The van der Waals surface area contributed by atoms with Gasteiger partial charge in [0.15, 0.2) is 0 Å². The van der Waals surface area contributed by atoms with Gasteiger partial charge in [-0.15, -0.1) is 0 Å². The van der Waals surface area contributed by atoms with Gasteiger partial charge in [-0.2, -0.15) is 0 Å². The number of carbonyl (C=O) groups is 1. The summed E-state index contributed by atoms with van der Waals surface area (Å²) in [4.78, 5) is 21.1. The van der Waals surface area contributed by atoms with Crippen LogP contribution in [0.5, 0.6) is 0 Å². The van der Waals surface area contributed by atoms with Crippen LogP contribution in [0.3, 0.4) is 0 Å². The van der Waals surface area contributed by atoms with Gasteiger partial charge in [-0.05, 0) is 6.92 Å². The number of rotatable bonds is 8. The molecule has 106 valence electrons. The van der Waals surface area contributed by atoms with E-state index in [1.54, 1.807) is 21.1 Å². The van der Waals surface area contributed by atoms with Crippen LogP contribution >= 0.6 is 0 Å². The lowest BCUT2D eigenvalue weighted by Gasteiger charge is -2.22. The summed E-state index contributed by atoms with van der Waals surface area (Å²) >= 11 is 0. The summed E-state index contributed by atoms with van der Waals surface area (Å²) in [5, 5.41) is 8.94. The molecule has 0 bridgehead atoms. The number of methoxy groups -OCH3 is 2. The topological polar surface area (TPSA) is 84.8 Å². The van der Waals surface area contributed by atoms with Crippen molar-refractivity contribution >= 4 is 11.9 Å². The third kappa shape index (κ3) is 4.46. The van der Waals surface area contributed by atoms with E-state index in [4.69, 9.17) is 14.6 Å². The normalized spacial score (nSPS) is 10.5. The van der Waals surface area contributed by atoms with Gasteiger partial charge in [0.1, 0.15) is 0 Å². The van der Waals surface area contributed by atoms with Gasteiger partial charge in [0.05, 0.1) is 24.5 Å². The first-order chi connectivity index (χ1) is 9.10. The highest BCUT2D eigenvalue weighted by Crippen LogP contribution is 2.11. The van der Waals surface area contributed by atoms with Crippen LogP contribution in [-0.2, 0) is 9.47 Å². The Balaban J connectivity index is 2.88. The first-order valence-corrected chi connectivity index (χ1v) is 5.90. The molecular weight excluding hydrogens is 250 g/mol. The van der Waals surface area contributed by atoms with Crippen molar-refractivity contribution in [3.63, 3.8) is 0 Å². The van der Waals surface area contributed by atoms with Gasteiger partial charge in [-0.1, -0.05) is 0 Å². The van der Waals surface area contributed by atoms with E-state index in [-0.39, 0.29) is 5.56 Å². The second-order valence-corrected chi connectivity index (χ2v) is 3.95. The third-order valence-corrected chi connectivity index (χ3v) is 2.61. The fraction of sp³-hybridized carbons (Fsp3) is 0.583. The molecule has 0 amide bonds. The molecule has 7 nitrogen and oxygen atoms in total. The van der Waals surface area contributed by atoms with Crippen LogP contribution in [0.2, 0.25) is 0 Å². The number of carboxylic acids is 1. The molecule has 1 aromatic heterocycles. The Morgan fingerprint density at radius 2 is 1.89 bits per heavy atom. The fourth-order valence-electron chi connectivity index (χ4n) is 1.53. The number of hydrogen-bond donors (Lipinski definition) is 1. The zero-order valence-corrected chi connectivity index (χ0v) is 11.4. The molecule has 0 aliphatic rings. The number of ether oxygens (including phenoxy) is 2. The van der Waals surface area contributed by atoms with Crippen molar-refractivity contribution in [2.75, 3.05) is 45.4 Å². The molecule has 0 atom stereocenters. The summed E-state index contributed by atoms with van der Waals surface area (Å²) in [6.45, 7) is 3.95. The molecule has 0 saturated carbocycles. The van der Waals surface area contributed by atoms with Crippen LogP contribution in [0.15, 0.2) is 6.20 Å². The van der Waals surface area contributed by atoms with E-state index in [2.05, 4.69) is 9.97 Å². The van der Waals surface area contributed by atoms with Crippen molar-refractivity contribution in [3.8, 4) is 0 Å². The monoisotopic (exact) mass is 269 g/mol. The molecule has 7 heteroatoms. The Kier molecular flexibility index (Phi) is 6.17. The summed E-state index contributed by atoms with van der Waals surface area (Å²) in [7, 11) is 3.24. The molecule has 0 aliphatic carbocycles. The van der Waals surface area contributed by atoms with Gasteiger partial charge in [0.25, 0.3) is 0 Å². The molecular formula is C12H19N3O4. The van der Waals surface area contributed by atoms with Crippen LogP contribution in [0.1, 0.15) is 16.1 Å². The van der Waals surface area contributed by atoms with Crippen molar-refractivity contribution in [1.82, 2.24) is 9.97 Å². The number of aromatic carboxylic acids is 1. The minimum atomic E-state index is -1.02. The van der Waals surface area contributed by atoms with Gasteiger partial charge in [-0.25, -0.2) is 14.8 Å². The average molecular weight is 269 g/mol. The highest BCUT2D eigenvalue weighted by molar-refractivity contribution is 5.88. The maximum absolute atomic E-state index is 10.9. The average Bonchev–Trinajstić information content (AvgIpc) is 2.38. The van der Waals surface area contributed by atoms with E-state index in [0.29, 0.717) is 37.9 Å². The summed E-state index contributed by atoms with van der Waals surface area (Å²) in [6.07, 6.45) is 1.33.